The van der Waals surface area contributed by atoms with E-state index in [1.807, 2.05) is 55.5 Å². The maximum Gasteiger partial charge on any atom is 0.256 e. The van der Waals surface area contributed by atoms with Crippen molar-refractivity contribution < 1.29 is 9.59 Å². The third-order valence-corrected chi connectivity index (χ3v) is 5.94. The van der Waals surface area contributed by atoms with E-state index >= 15 is 0 Å². The van der Waals surface area contributed by atoms with E-state index in [1.165, 1.54) is 5.56 Å². The summed E-state index contributed by atoms with van der Waals surface area (Å²) >= 11 is 6.48. The number of aryl methyl sites for hydroxylation is 3. The number of halogens is 1. The summed E-state index contributed by atoms with van der Waals surface area (Å²) in [6.07, 6.45) is 1.87. The van der Waals surface area contributed by atoms with Crippen molar-refractivity contribution in [2.45, 2.75) is 33.2 Å². The Morgan fingerprint density at radius 3 is 2.61 bits per heavy atom. The van der Waals surface area contributed by atoms with Gasteiger partial charge in [-0.05, 0) is 43.9 Å². The fourth-order valence-corrected chi connectivity index (χ4v) is 4.23. The molecular formula is C24H25ClN4O2. The number of rotatable bonds is 5. The second kappa shape index (κ2) is 8.94. The van der Waals surface area contributed by atoms with Gasteiger partial charge in [-0.3, -0.25) is 9.59 Å². The van der Waals surface area contributed by atoms with E-state index in [2.05, 4.69) is 10.4 Å². The predicted octanol–water partition coefficient (Wildman–Crippen LogP) is 3.91. The Bertz CT molecular complexity index is 1120. The molecule has 1 N–H and O–H groups in total. The molecule has 1 aliphatic rings. The van der Waals surface area contributed by atoms with Crippen LogP contribution in [0.3, 0.4) is 0 Å². The summed E-state index contributed by atoms with van der Waals surface area (Å²) in [6.45, 7) is 4.80. The van der Waals surface area contributed by atoms with Crippen LogP contribution in [0.1, 0.15) is 39.2 Å². The zero-order valence-corrected chi connectivity index (χ0v) is 18.4. The molecule has 1 aliphatic heterocycles. The third-order valence-electron chi connectivity index (χ3n) is 5.56. The van der Waals surface area contributed by atoms with Crippen LogP contribution < -0.4 is 10.2 Å². The van der Waals surface area contributed by atoms with Crippen molar-refractivity contribution in [1.29, 1.82) is 0 Å². The average Bonchev–Trinajstić information content (AvgIpc) is 3.05. The summed E-state index contributed by atoms with van der Waals surface area (Å²) in [7, 11) is 0. The Hall–Kier alpha value is -3.12. The molecule has 6 nitrogen and oxygen atoms in total. The summed E-state index contributed by atoms with van der Waals surface area (Å²) in [4.78, 5) is 27.4. The second-order valence-electron chi connectivity index (χ2n) is 7.85. The zero-order chi connectivity index (χ0) is 22.0. The highest BCUT2D eigenvalue weighted by Gasteiger charge is 2.24. The molecular weight excluding hydrogens is 412 g/mol. The molecule has 0 saturated carbocycles. The molecule has 31 heavy (non-hydrogen) atoms. The Balaban J connectivity index is 1.44. The normalized spacial score (nSPS) is 13.1. The number of nitrogens with zero attached hydrogens (tertiary/aromatic N) is 3. The zero-order valence-electron chi connectivity index (χ0n) is 17.7. The van der Waals surface area contributed by atoms with E-state index in [9.17, 15) is 9.59 Å². The van der Waals surface area contributed by atoms with E-state index in [1.54, 1.807) is 16.5 Å². The molecule has 160 valence electrons. The average molecular weight is 437 g/mol. The maximum atomic E-state index is 12.8. The van der Waals surface area contributed by atoms with Gasteiger partial charge >= 0.3 is 0 Å². The summed E-state index contributed by atoms with van der Waals surface area (Å²) in [5, 5.41) is 7.42. The molecule has 4 rings (SSSR count). The highest BCUT2D eigenvalue weighted by atomic mass is 35.5. The van der Waals surface area contributed by atoms with Crippen molar-refractivity contribution in [3.8, 4) is 0 Å². The van der Waals surface area contributed by atoms with Gasteiger partial charge in [0.15, 0.2) is 0 Å². The number of fused-ring (bicyclic) bond motifs is 1. The van der Waals surface area contributed by atoms with Crippen LogP contribution in [0.4, 0.5) is 5.69 Å². The largest absolute Gasteiger partial charge is 0.343 e. The molecule has 0 saturated heterocycles. The van der Waals surface area contributed by atoms with Gasteiger partial charge in [0, 0.05) is 12.2 Å². The van der Waals surface area contributed by atoms with Crippen molar-refractivity contribution in [3.05, 3.63) is 81.6 Å². The van der Waals surface area contributed by atoms with E-state index < -0.39 is 5.91 Å². The van der Waals surface area contributed by atoms with Crippen LogP contribution in [0.2, 0.25) is 5.15 Å². The van der Waals surface area contributed by atoms with Gasteiger partial charge in [-0.15, -0.1) is 0 Å². The van der Waals surface area contributed by atoms with Crippen LogP contribution in [0.5, 0.6) is 0 Å². The summed E-state index contributed by atoms with van der Waals surface area (Å²) in [5.74, 6) is -0.530. The molecule has 2 heterocycles. The third kappa shape index (κ3) is 4.49. The summed E-state index contributed by atoms with van der Waals surface area (Å²) in [6, 6.07) is 16.0. The number of carbonyl (C=O) groups excluding carboxylic acids is 2. The molecule has 0 fully saturated rings. The molecule has 0 spiro atoms. The van der Waals surface area contributed by atoms with Crippen LogP contribution in [-0.4, -0.2) is 34.7 Å². The lowest BCUT2D eigenvalue weighted by Gasteiger charge is -2.29. The van der Waals surface area contributed by atoms with Gasteiger partial charge < -0.3 is 10.2 Å². The van der Waals surface area contributed by atoms with Gasteiger partial charge in [0.05, 0.1) is 24.3 Å². The van der Waals surface area contributed by atoms with Crippen molar-refractivity contribution in [3.63, 3.8) is 0 Å². The number of nitrogens with one attached hydrogen (secondary N) is 1. The summed E-state index contributed by atoms with van der Waals surface area (Å²) < 4.78 is 1.61. The minimum Gasteiger partial charge on any atom is -0.343 e. The lowest BCUT2D eigenvalue weighted by Crippen LogP contribution is -2.42. The molecule has 0 unspecified atom stereocenters. The molecule has 1 aromatic heterocycles. The van der Waals surface area contributed by atoms with E-state index in [0.717, 1.165) is 29.7 Å². The number of benzene rings is 2. The summed E-state index contributed by atoms with van der Waals surface area (Å²) in [5.41, 5.74) is 5.14. The van der Waals surface area contributed by atoms with Gasteiger partial charge in [0.25, 0.3) is 5.91 Å². The quantitative estimate of drug-likeness (QED) is 0.659. The molecule has 0 aliphatic carbocycles. The second-order valence-corrected chi connectivity index (χ2v) is 8.21. The van der Waals surface area contributed by atoms with E-state index in [0.29, 0.717) is 24.3 Å². The van der Waals surface area contributed by atoms with Gasteiger partial charge in [0.2, 0.25) is 5.91 Å². The van der Waals surface area contributed by atoms with Crippen molar-refractivity contribution >= 4 is 29.1 Å². The number of hydrogen-bond acceptors (Lipinski definition) is 3. The van der Waals surface area contributed by atoms with Crippen molar-refractivity contribution in [2.24, 2.45) is 0 Å². The van der Waals surface area contributed by atoms with E-state index in [4.69, 9.17) is 11.6 Å². The van der Waals surface area contributed by atoms with E-state index in [-0.39, 0.29) is 17.6 Å². The topological polar surface area (TPSA) is 67.2 Å². The minimum absolute atomic E-state index is 0.0912. The Kier molecular flexibility index (Phi) is 6.09. The van der Waals surface area contributed by atoms with Crippen molar-refractivity contribution in [1.82, 2.24) is 15.1 Å². The first-order valence-corrected chi connectivity index (χ1v) is 10.8. The fourth-order valence-electron chi connectivity index (χ4n) is 3.91. The molecule has 0 radical (unpaired) electrons. The number of carbonyl (C=O) groups is 2. The maximum absolute atomic E-state index is 12.8. The highest BCUT2D eigenvalue weighted by Crippen LogP contribution is 2.26. The van der Waals surface area contributed by atoms with Gasteiger partial charge in [-0.25, -0.2) is 4.68 Å². The number of hydrogen-bond donors (Lipinski definition) is 1. The first-order chi connectivity index (χ1) is 14.9. The first kappa shape index (κ1) is 21.1. The first-order valence-electron chi connectivity index (χ1n) is 10.4. The Morgan fingerprint density at radius 2 is 1.84 bits per heavy atom. The SMILES string of the molecule is Cc1ccc(Cn2nc(C)c(C(=O)NCC(=O)N3CCCc4ccccc43)c2Cl)cc1. The highest BCUT2D eigenvalue weighted by molar-refractivity contribution is 6.33. The monoisotopic (exact) mass is 436 g/mol. The Labute approximate surface area is 186 Å². The van der Waals surface area contributed by atoms with Gasteiger partial charge in [-0.2, -0.15) is 5.10 Å². The van der Waals surface area contributed by atoms with Crippen LogP contribution in [0, 0.1) is 13.8 Å². The van der Waals surface area contributed by atoms with Crippen LogP contribution in [0.15, 0.2) is 48.5 Å². The molecule has 7 heteroatoms. The van der Waals surface area contributed by atoms with Crippen LogP contribution in [-0.2, 0) is 17.8 Å². The van der Waals surface area contributed by atoms with Crippen LogP contribution >= 0.6 is 11.6 Å². The number of amides is 2. The van der Waals surface area contributed by atoms with Crippen LogP contribution in [0.25, 0.3) is 0 Å². The van der Waals surface area contributed by atoms with Crippen molar-refractivity contribution in [2.75, 3.05) is 18.0 Å². The minimum atomic E-state index is -0.392. The molecule has 2 amide bonds. The lowest BCUT2D eigenvalue weighted by atomic mass is 10.0. The lowest BCUT2D eigenvalue weighted by molar-refractivity contribution is -0.117. The molecule has 0 bridgehead atoms. The molecule has 3 aromatic rings. The standard InChI is InChI=1S/C24H25ClN4O2/c1-16-9-11-18(12-10-16)15-29-23(25)22(17(2)27-29)24(31)26-14-21(30)28-13-5-7-19-6-3-4-8-20(19)28/h3-4,6,8-12H,5,7,13-15H2,1-2H3,(H,26,31). The predicted molar refractivity (Wildman–Crippen MR) is 122 cm³/mol. The number of anilines is 1. The smallest absolute Gasteiger partial charge is 0.256 e. The number of aromatic nitrogens is 2. The van der Waals surface area contributed by atoms with Gasteiger partial charge in [0.1, 0.15) is 5.15 Å². The Morgan fingerprint density at radius 1 is 1.10 bits per heavy atom. The fraction of sp³-hybridized carbons (Fsp3) is 0.292. The van der Waals surface area contributed by atoms with Gasteiger partial charge in [-0.1, -0.05) is 59.6 Å². The number of para-hydroxylation sites is 1. The molecule has 0 atom stereocenters. The molecule has 2 aromatic carbocycles.